The summed E-state index contributed by atoms with van der Waals surface area (Å²) < 4.78 is 3.26. The van der Waals surface area contributed by atoms with Crippen molar-refractivity contribution in [3.05, 3.63) is 28.5 Å². The quantitative estimate of drug-likeness (QED) is 0.798. The number of hydrogen-bond donors (Lipinski definition) is 1. The van der Waals surface area contributed by atoms with Crippen LogP contribution < -0.4 is 0 Å². The number of aromatic amines is 1. The number of nitrogens with one attached hydrogen (secondary N) is 1. The fourth-order valence-electron chi connectivity index (χ4n) is 3.27. The van der Waals surface area contributed by atoms with Crippen molar-refractivity contribution in [1.82, 2.24) is 9.55 Å². The van der Waals surface area contributed by atoms with E-state index < -0.39 is 0 Å². The van der Waals surface area contributed by atoms with Gasteiger partial charge in [-0.1, -0.05) is 18.6 Å². The summed E-state index contributed by atoms with van der Waals surface area (Å²) in [6.45, 7) is 2.18. The Kier molecular flexibility index (Phi) is 3.72. The molecule has 0 amide bonds. The first-order valence-corrected chi connectivity index (χ1v) is 8.63. The second-order valence-electron chi connectivity index (χ2n) is 5.45. The molecule has 1 fully saturated rings. The van der Waals surface area contributed by atoms with Crippen LogP contribution in [-0.4, -0.2) is 21.1 Å². The number of imidazole rings is 1. The van der Waals surface area contributed by atoms with E-state index in [4.69, 9.17) is 12.2 Å². The number of fused-ring (bicyclic) bond motifs is 1. The van der Waals surface area contributed by atoms with Gasteiger partial charge in [-0.25, -0.2) is 0 Å². The lowest BCUT2D eigenvalue weighted by atomic mass is 9.94. The highest BCUT2D eigenvalue weighted by molar-refractivity contribution is 7.99. The predicted octanol–water partition coefficient (Wildman–Crippen LogP) is 4.85. The molecule has 1 N–H and O–H groups in total. The maximum absolute atomic E-state index is 5.57. The van der Waals surface area contributed by atoms with Crippen LogP contribution in [0.2, 0.25) is 0 Å². The van der Waals surface area contributed by atoms with Crippen molar-refractivity contribution in [2.75, 3.05) is 6.26 Å². The molecule has 19 heavy (non-hydrogen) atoms. The average molecular weight is 292 g/mol. The fraction of sp³-hybridized carbons (Fsp3) is 0.533. The molecule has 0 bridgehead atoms. The number of aromatic nitrogens is 2. The number of hydrogen-bond acceptors (Lipinski definition) is 2. The van der Waals surface area contributed by atoms with Crippen molar-refractivity contribution in [2.24, 2.45) is 0 Å². The van der Waals surface area contributed by atoms with Crippen LogP contribution in [0.15, 0.2) is 18.2 Å². The number of benzene rings is 1. The molecule has 1 aromatic carbocycles. The standard InChI is InChI=1S/C15H20N2S2/c1-10-5-3-8-13-14(10)17(15(18)16-13)11-6-4-7-12(9-11)19-2/h3,5,8,11-12H,4,6-7,9H2,1-2H3,(H,16,18). The van der Waals surface area contributed by atoms with Crippen molar-refractivity contribution in [3.8, 4) is 0 Å². The van der Waals surface area contributed by atoms with E-state index in [1.165, 1.54) is 42.3 Å². The SMILES string of the molecule is CSC1CCCC(n2c(=S)[nH]c3cccc(C)c32)C1. The molecular weight excluding hydrogens is 272 g/mol. The van der Waals surface area contributed by atoms with E-state index in [0.29, 0.717) is 6.04 Å². The summed E-state index contributed by atoms with van der Waals surface area (Å²) in [6.07, 6.45) is 7.40. The predicted molar refractivity (Wildman–Crippen MR) is 86.7 cm³/mol. The first kappa shape index (κ1) is 13.3. The molecule has 2 aromatic rings. The van der Waals surface area contributed by atoms with Crippen LogP contribution in [0.4, 0.5) is 0 Å². The zero-order valence-electron chi connectivity index (χ0n) is 11.5. The molecule has 1 saturated carbocycles. The molecule has 2 unspecified atom stereocenters. The number of aryl methyl sites for hydroxylation is 1. The van der Waals surface area contributed by atoms with Gasteiger partial charge in [-0.15, -0.1) is 0 Å². The molecule has 1 aliphatic carbocycles. The number of rotatable bonds is 2. The Morgan fingerprint density at radius 1 is 1.37 bits per heavy atom. The van der Waals surface area contributed by atoms with Gasteiger partial charge < -0.3 is 9.55 Å². The second kappa shape index (κ2) is 5.33. The summed E-state index contributed by atoms with van der Waals surface area (Å²) in [4.78, 5) is 3.37. The Labute approximate surface area is 123 Å². The molecule has 2 atom stereocenters. The van der Waals surface area contributed by atoms with Crippen LogP contribution in [0.1, 0.15) is 37.3 Å². The Morgan fingerprint density at radius 3 is 3.00 bits per heavy atom. The Balaban J connectivity index is 2.09. The maximum atomic E-state index is 5.57. The van der Waals surface area contributed by atoms with Gasteiger partial charge >= 0.3 is 0 Å². The Hall–Kier alpha value is -0.740. The first-order chi connectivity index (χ1) is 9.20. The molecule has 0 saturated heterocycles. The summed E-state index contributed by atoms with van der Waals surface area (Å²) in [5, 5.41) is 0.787. The average Bonchev–Trinajstić information content (AvgIpc) is 2.76. The van der Waals surface area contributed by atoms with Crippen LogP contribution in [0.25, 0.3) is 11.0 Å². The third-order valence-electron chi connectivity index (χ3n) is 4.24. The van der Waals surface area contributed by atoms with E-state index in [1.807, 2.05) is 11.8 Å². The van der Waals surface area contributed by atoms with E-state index in [0.717, 1.165) is 10.0 Å². The van der Waals surface area contributed by atoms with E-state index >= 15 is 0 Å². The molecule has 1 aromatic heterocycles. The number of thioether (sulfide) groups is 1. The number of nitrogens with zero attached hydrogens (tertiary/aromatic N) is 1. The third-order valence-corrected chi connectivity index (χ3v) is 5.63. The summed E-state index contributed by atoms with van der Waals surface area (Å²) in [6, 6.07) is 6.96. The highest BCUT2D eigenvalue weighted by Gasteiger charge is 2.24. The second-order valence-corrected chi connectivity index (χ2v) is 6.97. The smallest absolute Gasteiger partial charge is 0.178 e. The largest absolute Gasteiger partial charge is 0.331 e. The van der Waals surface area contributed by atoms with Gasteiger partial charge in [0.2, 0.25) is 0 Å². The molecule has 1 aliphatic rings. The molecule has 4 heteroatoms. The zero-order chi connectivity index (χ0) is 13.4. The normalized spacial score (nSPS) is 23.9. The molecular formula is C15H20N2S2. The van der Waals surface area contributed by atoms with Crippen LogP contribution >= 0.6 is 24.0 Å². The minimum atomic E-state index is 0.563. The minimum Gasteiger partial charge on any atom is -0.331 e. The van der Waals surface area contributed by atoms with E-state index in [9.17, 15) is 0 Å². The van der Waals surface area contributed by atoms with Gasteiger partial charge in [0.25, 0.3) is 0 Å². The van der Waals surface area contributed by atoms with E-state index in [-0.39, 0.29) is 0 Å². The Morgan fingerprint density at radius 2 is 2.21 bits per heavy atom. The lowest BCUT2D eigenvalue weighted by Gasteiger charge is -2.29. The van der Waals surface area contributed by atoms with Gasteiger partial charge in [0, 0.05) is 11.3 Å². The minimum absolute atomic E-state index is 0.563. The lowest BCUT2D eigenvalue weighted by molar-refractivity contribution is 0.365. The van der Waals surface area contributed by atoms with Gasteiger partial charge in [-0.3, -0.25) is 0 Å². The van der Waals surface area contributed by atoms with Crippen molar-refractivity contribution in [1.29, 1.82) is 0 Å². The molecule has 0 aliphatic heterocycles. The highest BCUT2D eigenvalue weighted by atomic mass is 32.2. The van der Waals surface area contributed by atoms with E-state index in [1.54, 1.807) is 0 Å². The maximum Gasteiger partial charge on any atom is 0.178 e. The lowest BCUT2D eigenvalue weighted by Crippen LogP contribution is -2.20. The molecule has 3 rings (SSSR count). The summed E-state index contributed by atoms with van der Waals surface area (Å²) in [5.74, 6) is 0. The van der Waals surface area contributed by atoms with Crippen LogP contribution in [-0.2, 0) is 0 Å². The van der Waals surface area contributed by atoms with Gasteiger partial charge in [0.1, 0.15) is 0 Å². The van der Waals surface area contributed by atoms with Crippen molar-refractivity contribution >= 4 is 35.0 Å². The van der Waals surface area contributed by atoms with Crippen molar-refractivity contribution in [3.63, 3.8) is 0 Å². The first-order valence-electron chi connectivity index (χ1n) is 6.93. The molecule has 0 spiro atoms. The fourth-order valence-corrected chi connectivity index (χ4v) is 4.44. The van der Waals surface area contributed by atoms with Gasteiger partial charge in [-0.05, 0) is 56.3 Å². The summed E-state index contributed by atoms with van der Waals surface area (Å²) in [5.41, 5.74) is 3.80. The molecule has 0 radical (unpaired) electrons. The summed E-state index contributed by atoms with van der Waals surface area (Å²) in [7, 11) is 0. The van der Waals surface area contributed by atoms with Crippen LogP contribution in [0, 0.1) is 11.7 Å². The Bertz CT molecular complexity index is 641. The molecule has 1 heterocycles. The van der Waals surface area contributed by atoms with E-state index in [2.05, 4.69) is 40.9 Å². The topological polar surface area (TPSA) is 20.7 Å². The third kappa shape index (κ3) is 2.36. The monoisotopic (exact) mass is 292 g/mol. The highest BCUT2D eigenvalue weighted by Crippen LogP contribution is 2.36. The molecule has 102 valence electrons. The van der Waals surface area contributed by atoms with Gasteiger partial charge in [-0.2, -0.15) is 11.8 Å². The van der Waals surface area contributed by atoms with Crippen LogP contribution in [0.3, 0.4) is 0 Å². The van der Waals surface area contributed by atoms with Gasteiger partial charge in [0.15, 0.2) is 4.77 Å². The molecule has 2 nitrogen and oxygen atoms in total. The number of para-hydroxylation sites is 1. The number of H-pyrrole nitrogens is 1. The van der Waals surface area contributed by atoms with Gasteiger partial charge in [0.05, 0.1) is 11.0 Å². The van der Waals surface area contributed by atoms with Crippen LogP contribution in [0.5, 0.6) is 0 Å². The van der Waals surface area contributed by atoms with Crippen molar-refractivity contribution in [2.45, 2.75) is 43.9 Å². The van der Waals surface area contributed by atoms with Crippen molar-refractivity contribution < 1.29 is 0 Å². The zero-order valence-corrected chi connectivity index (χ0v) is 13.1. The summed E-state index contributed by atoms with van der Waals surface area (Å²) >= 11 is 7.57.